The fraction of sp³-hybridized carbons (Fsp3) is 0.300. The van der Waals surface area contributed by atoms with Gasteiger partial charge in [-0.2, -0.15) is 10.2 Å². The number of fused-ring (bicyclic) bond motifs is 1. The Morgan fingerprint density at radius 1 is 1.28 bits per heavy atom. The highest BCUT2D eigenvalue weighted by Gasteiger charge is 2.22. The summed E-state index contributed by atoms with van der Waals surface area (Å²) in [6.07, 6.45) is 3.71. The molecule has 0 bridgehead atoms. The summed E-state index contributed by atoms with van der Waals surface area (Å²) in [6.45, 7) is 8.30. The first-order valence-electron chi connectivity index (χ1n) is 9.33. The van der Waals surface area contributed by atoms with Crippen LogP contribution in [0.1, 0.15) is 34.9 Å². The second kappa shape index (κ2) is 7.67. The van der Waals surface area contributed by atoms with E-state index in [-0.39, 0.29) is 0 Å². The van der Waals surface area contributed by atoms with E-state index in [4.69, 9.17) is 9.47 Å². The summed E-state index contributed by atoms with van der Waals surface area (Å²) in [7, 11) is 0. The highest BCUT2D eigenvalue weighted by molar-refractivity contribution is 7.17. The number of carbonyl (C=O) groups is 1. The number of aromatic amines is 1. The lowest BCUT2D eigenvalue weighted by atomic mass is 10.1. The van der Waals surface area contributed by atoms with Crippen molar-refractivity contribution in [2.45, 2.75) is 27.7 Å². The topological polar surface area (TPSA) is 94.4 Å². The number of aryl methyl sites for hydroxylation is 2. The lowest BCUT2D eigenvalue weighted by molar-refractivity contribution is 0.0527. The molecule has 0 saturated heterocycles. The van der Waals surface area contributed by atoms with Crippen molar-refractivity contribution in [2.24, 2.45) is 0 Å². The molecule has 0 radical (unpaired) electrons. The summed E-state index contributed by atoms with van der Waals surface area (Å²) in [4.78, 5) is 17.2. The van der Waals surface area contributed by atoms with E-state index in [9.17, 15) is 4.79 Å². The quantitative estimate of drug-likeness (QED) is 0.481. The van der Waals surface area contributed by atoms with E-state index in [0.29, 0.717) is 29.0 Å². The molecule has 0 amide bonds. The van der Waals surface area contributed by atoms with Crippen molar-refractivity contribution in [1.29, 1.82) is 0 Å². The van der Waals surface area contributed by atoms with E-state index in [2.05, 4.69) is 20.3 Å². The lowest BCUT2D eigenvalue weighted by Crippen LogP contribution is -2.05. The van der Waals surface area contributed by atoms with Crippen molar-refractivity contribution < 1.29 is 14.3 Å². The maximum Gasteiger partial charge on any atom is 0.354 e. The van der Waals surface area contributed by atoms with Gasteiger partial charge in [0.1, 0.15) is 5.01 Å². The summed E-state index contributed by atoms with van der Waals surface area (Å²) < 4.78 is 12.5. The predicted molar refractivity (Wildman–Crippen MR) is 110 cm³/mol. The normalized spacial score (nSPS) is 11.2. The number of esters is 1. The van der Waals surface area contributed by atoms with Gasteiger partial charge >= 0.3 is 5.97 Å². The summed E-state index contributed by atoms with van der Waals surface area (Å²) in [6, 6.07) is 3.93. The number of hydrogen-bond acceptors (Lipinski definition) is 7. The van der Waals surface area contributed by atoms with Crippen LogP contribution in [0.4, 0.5) is 0 Å². The van der Waals surface area contributed by atoms with E-state index in [1.807, 2.05) is 49.8 Å². The Balaban J connectivity index is 1.82. The molecule has 0 saturated carbocycles. The highest BCUT2D eigenvalue weighted by Crippen LogP contribution is 2.36. The molecule has 0 unspecified atom stereocenters. The molecule has 0 spiro atoms. The Bertz CT molecular complexity index is 1170. The van der Waals surface area contributed by atoms with Gasteiger partial charge in [0.2, 0.25) is 5.88 Å². The molecule has 4 aromatic heterocycles. The fourth-order valence-corrected chi connectivity index (χ4v) is 4.14. The fourth-order valence-electron chi connectivity index (χ4n) is 3.24. The molecule has 29 heavy (non-hydrogen) atoms. The van der Waals surface area contributed by atoms with E-state index >= 15 is 0 Å². The summed E-state index contributed by atoms with van der Waals surface area (Å²) in [5.41, 5.74) is 5.74. The minimum atomic E-state index is -0.421. The van der Waals surface area contributed by atoms with E-state index < -0.39 is 5.97 Å². The SMILES string of the molecule is CCOC(=O)c1sc(-c2ccn3ncc(-c4c(C)n[nH]c4C)c3c2)nc1OCC. The van der Waals surface area contributed by atoms with Crippen LogP contribution >= 0.6 is 11.3 Å². The molecule has 0 aliphatic carbocycles. The summed E-state index contributed by atoms with van der Waals surface area (Å²) >= 11 is 1.26. The van der Waals surface area contributed by atoms with Crippen LogP contribution in [0, 0.1) is 13.8 Å². The maximum absolute atomic E-state index is 12.3. The number of carbonyl (C=O) groups excluding carboxylic acids is 1. The van der Waals surface area contributed by atoms with Crippen molar-refractivity contribution in [3.8, 4) is 27.6 Å². The van der Waals surface area contributed by atoms with Crippen molar-refractivity contribution in [3.05, 3.63) is 40.8 Å². The number of thiazole rings is 1. The van der Waals surface area contributed by atoms with Gasteiger partial charge in [0, 0.05) is 28.6 Å². The largest absolute Gasteiger partial charge is 0.477 e. The van der Waals surface area contributed by atoms with Gasteiger partial charge in [-0.3, -0.25) is 5.10 Å². The molecule has 0 aliphatic rings. The monoisotopic (exact) mass is 411 g/mol. The number of nitrogens with one attached hydrogen (secondary N) is 1. The molecule has 150 valence electrons. The molecule has 4 aromatic rings. The minimum Gasteiger partial charge on any atom is -0.477 e. The Kier molecular flexibility index (Phi) is 5.06. The number of nitrogens with zero attached hydrogens (tertiary/aromatic N) is 4. The number of hydrogen-bond donors (Lipinski definition) is 1. The Hall–Kier alpha value is -3.20. The van der Waals surface area contributed by atoms with Crippen molar-refractivity contribution in [1.82, 2.24) is 24.8 Å². The number of pyridine rings is 1. The first-order valence-corrected chi connectivity index (χ1v) is 10.2. The van der Waals surface area contributed by atoms with Crippen molar-refractivity contribution in [3.63, 3.8) is 0 Å². The Morgan fingerprint density at radius 3 is 2.79 bits per heavy atom. The zero-order valence-electron chi connectivity index (χ0n) is 16.6. The van der Waals surface area contributed by atoms with Crippen LogP contribution in [0.2, 0.25) is 0 Å². The van der Waals surface area contributed by atoms with Crippen LogP contribution in [0.5, 0.6) is 5.88 Å². The molecule has 0 fully saturated rings. The van der Waals surface area contributed by atoms with Crippen LogP contribution in [0.15, 0.2) is 24.5 Å². The van der Waals surface area contributed by atoms with Gasteiger partial charge in [0.15, 0.2) is 4.88 Å². The van der Waals surface area contributed by atoms with E-state index in [1.165, 1.54) is 11.3 Å². The van der Waals surface area contributed by atoms with Gasteiger partial charge in [0.25, 0.3) is 0 Å². The van der Waals surface area contributed by atoms with Crippen LogP contribution in [0.25, 0.3) is 27.2 Å². The zero-order chi connectivity index (χ0) is 20.5. The lowest BCUT2D eigenvalue weighted by Gasteiger charge is -2.02. The predicted octanol–water partition coefficient (Wildman–Crippen LogP) is 4.04. The van der Waals surface area contributed by atoms with Gasteiger partial charge in [-0.1, -0.05) is 0 Å². The van der Waals surface area contributed by atoms with Crippen molar-refractivity contribution >= 4 is 22.8 Å². The second-order valence-electron chi connectivity index (χ2n) is 6.42. The van der Waals surface area contributed by atoms with Crippen LogP contribution in [-0.4, -0.2) is 44.0 Å². The number of H-pyrrole nitrogens is 1. The Labute approximate surface area is 171 Å². The standard InChI is InChI=1S/C20H21N5O3S/c1-5-27-18-17(20(26)28-6-2)29-19(22-18)13-7-8-25-15(9-13)14(10-21-25)16-11(3)23-24-12(16)4/h7-10H,5-6H2,1-4H3,(H,23,24). The van der Waals surface area contributed by atoms with Crippen LogP contribution < -0.4 is 4.74 Å². The first kappa shape index (κ1) is 19.1. The average Bonchev–Trinajstić information content (AvgIpc) is 3.39. The molecule has 0 aliphatic heterocycles. The number of ether oxygens (including phenoxy) is 2. The molecule has 4 heterocycles. The van der Waals surface area contributed by atoms with Gasteiger partial charge in [0.05, 0.1) is 30.6 Å². The molecule has 0 aromatic carbocycles. The molecular formula is C20H21N5O3S. The second-order valence-corrected chi connectivity index (χ2v) is 7.42. The first-order chi connectivity index (χ1) is 14.0. The van der Waals surface area contributed by atoms with Gasteiger partial charge < -0.3 is 9.47 Å². The van der Waals surface area contributed by atoms with Gasteiger partial charge in [-0.15, -0.1) is 11.3 Å². The third-order valence-electron chi connectivity index (χ3n) is 4.50. The number of aromatic nitrogens is 5. The summed E-state index contributed by atoms with van der Waals surface area (Å²) in [5, 5.41) is 12.5. The van der Waals surface area contributed by atoms with Crippen molar-refractivity contribution in [2.75, 3.05) is 13.2 Å². The van der Waals surface area contributed by atoms with E-state index in [0.717, 1.165) is 33.6 Å². The Morgan fingerprint density at radius 2 is 2.10 bits per heavy atom. The van der Waals surface area contributed by atoms with Gasteiger partial charge in [-0.25, -0.2) is 14.3 Å². The molecule has 1 N–H and O–H groups in total. The van der Waals surface area contributed by atoms with Gasteiger partial charge in [-0.05, 0) is 39.8 Å². The molecule has 0 atom stereocenters. The van der Waals surface area contributed by atoms with Crippen LogP contribution in [0.3, 0.4) is 0 Å². The zero-order valence-corrected chi connectivity index (χ0v) is 17.5. The average molecular weight is 411 g/mol. The summed E-state index contributed by atoms with van der Waals surface area (Å²) in [5.74, 6) is -0.114. The third kappa shape index (κ3) is 3.38. The molecule has 9 heteroatoms. The molecule has 8 nitrogen and oxygen atoms in total. The highest BCUT2D eigenvalue weighted by atomic mass is 32.1. The number of rotatable bonds is 6. The van der Waals surface area contributed by atoms with Crippen LogP contribution in [-0.2, 0) is 4.74 Å². The third-order valence-corrected chi connectivity index (χ3v) is 5.57. The van der Waals surface area contributed by atoms with E-state index in [1.54, 1.807) is 6.92 Å². The molecular weight excluding hydrogens is 390 g/mol. The maximum atomic E-state index is 12.3. The minimum absolute atomic E-state index is 0.298. The molecule has 4 rings (SSSR count). The smallest absolute Gasteiger partial charge is 0.354 e.